The number of hydrogen-bond acceptors (Lipinski definition) is 3. The first kappa shape index (κ1) is 10.0. The van der Waals surface area contributed by atoms with Crippen LogP contribution in [-0.4, -0.2) is 5.97 Å². The molecule has 1 aromatic rings. The highest BCUT2D eigenvalue weighted by Gasteiger charge is 2.27. The molecule has 3 heteroatoms. The molecular weight excluding hydrogens is 192 g/mol. The number of rotatable bonds is 3. The van der Waals surface area contributed by atoms with E-state index in [1.807, 2.05) is 25.1 Å². The Morgan fingerprint density at radius 1 is 1.40 bits per heavy atom. The lowest BCUT2D eigenvalue weighted by molar-refractivity contribution is -0.211. The average molecular weight is 206 g/mol. The van der Waals surface area contributed by atoms with Crippen LogP contribution in [0.5, 0.6) is 5.75 Å². The van der Waals surface area contributed by atoms with Crippen molar-refractivity contribution >= 4 is 5.97 Å². The van der Waals surface area contributed by atoms with E-state index in [2.05, 4.69) is 4.89 Å². The van der Waals surface area contributed by atoms with E-state index in [0.717, 1.165) is 11.1 Å². The molecule has 2 rings (SSSR count). The molecule has 1 aliphatic carbocycles. The van der Waals surface area contributed by atoms with Crippen molar-refractivity contribution < 1.29 is 14.6 Å². The second kappa shape index (κ2) is 3.93. The summed E-state index contributed by atoms with van der Waals surface area (Å²) in [6.45, 7) is 3.31. The highest BCUT2D eigenvalue weighted by Crippen LogP contribution is 2.44. The van der Waals surface area contributed by atoms with Gasteiger partial charge in [0.2, 0.25) is 0 Å². The fraction of sp³-hybridized carbons (Fsp3) is 0.417. The fourth-order valence-electron chi connectivity index (χ4n) is 1.55. The minimum Gasteiger partial charge on any atom is -0.287 e. The smallest absolute Gasteiger partial charge is 0.287 e. The predicted molar refractivity (Wildman–Crippen MR) is 55.5 cm³/mol. The van der Waals surface area contributed by atoms with Crippen LogP contribution in [0.4, 0.5) is 0 Å². The predicted octanol–water partition coefficient (Wildman–Crippen LogP) is 2.73. The second-order valence-electron chi connectivity index (χ2n) is 3.97. The molecule has 1 aliphatic rings. The number of aryl methyl sites for hydroxylation is 1. The molecule has 0 aliphatic heterocycles. The molecule has 3 nitrogen and oxygen atoms in total. The monoisotopic (exact) mass is 206 g/mol. The highest BCUT2D eigenvalue weighted by molar-refractivity contribution is 5.65. The Labute approximate surface area is 88.9 Å². The summed E-state index contributed by atoms with van der Waals surface area (Å²) in [6, 6.07) is 6.00. The van der Waals surface area contributed by atoms with Crippen LogP contribution in [0.1, 0.15) is 36.8 Å². The van der Waals surface area contributed by atoms with Gasteiger partial charge in [0.25, 0.3) is 0 Å². The minimum atomic E-state index is -0.432. The molecule has 1 fully saturated rings. The van der Waals surface area contributed by atoms with Crippen LogP contribution >= 0.6 is 0 Å². The van der Waals surface area contributed by atoms with Crippen LogP contribution in [0.15, 0.2) is 18.2 Å². The van der Waals surface area contributed by atoms with Crippen LogP contribution in [0.3, 0.4) is 0 Å². The Balaban J connectivity index is 2.18. The van der Waals surface area contributed by atoms with Gasteiger partial charge in [-0.1, -0.05) is 12.1 Å². The standard InChI is InChI=1S/C12H14O3/c1-8-3-6-11(10-4-5-10)12(7-8)15-14-9(2)13/h3,6-7,10H,4-5H2,1-2H3. The molecule has 1 aromatic carbocycles. The molecule has 0 heterocycles. The summed E-state index contributed by atoms with van der Waals surface area (Å²) in [6.07, 6.45) is 2.39. The molecule has 0 unspecified atom stereocenters. The van der Waals surface area contributed by atoms with Crippen molar-refractivity contribution in [1.82, 2.24) is 0 Å². The number of carbonyl (C=O) groups excluding carboxylic acids is 1. The Hall–Kier alpha value is -1.51. The van der Waals surface area contributed by atoms with Crippen LogP contribution < -0.4 is 4.89 Å². The largest absolute Gasteiger partial charge is 0.352 e. The molecule has 0 saturated heterocycles. The van der Waals surface area contributed by atoms with E-state index in [4.69, 9.17) is 4.89 Å². The van der Waals surface area contributed by atoms with E-state index in [1.54, 1.807) is 0 Å². The van der Waals surface area contributed by atoms with E-state index < -0.39 is 5.97 Å². The van der Waals surface area contributed by atoms with Gasteiger partial charge in [0, 0.05) is 12.5 Å². The first-order chi connectivity index (χ1) is 7.16. The van der Waals surface area contributed by atoms with Gasteiger partial charge in [0.05, 0.1) is 0 Å². The maximum atomic E-state index is 10.7. The van der Waals surface area contributed by atoms with Crippen molar-refractivity contribution in [3.8, 4) is 5.75 Å². The maximum absolute atomic E-state index is 10.7. The molecule has 0 amide bonds. The van der Waals surface area contributed by atoms with Crippen LogP contribution in [-0.2, 0) is 9.68 Å². The number of carbonyl (C=O) groups is 1. The molecule has 0 atom stereocenters. The third kappa shape index (κ3) is 2.49. The third-order valence-corrected chi connectivity index (χ3v) is 2.44. The first-order valence-electron chi connectivity index (χ1n) is 5.12. The van der Waals surface area contributed by atoms with Crippen molar-refractivity contribution in [2.75, 3.05) is 0 Å². The third-order valence-electron chi connectivity index (χ3n) is 2.44. The summed E-state index contributed by atoms with van der Waals surface area (Å²) in [5.74, 6) is 0.821. The van der Waals surface area contributed by atoms with Gasteiger partial charge < -0.3 is 0 Å². The summed E-state index contributed by atoms with van der Waals surface area (Å²) in [5, 5.41) is 0. The number of hydrogen-bond donors (Lipinski definition) is 0. The van der Waals surface area contributed by atoms with E-state index in [9.17, 15) is 4.79 Å². The molecule has 0 radical (unpaired) electrons. The minimum absolute atomic E-state index is 0.432. The van der Waals surface area contributed by atoms with Crippen molar-refractivity contribution in [2.45, 2.75) is 32.6 Å². The summed E-state index contributed by atoms with van der Waals surface area (Å²) in [7, 11) is 0. The van der Waals surface area contributed by atoms with Crippen molar-refractivity contribution in [3.05, 3.63) is 29.3 Å². The summed E-state index contributed by atoms with van der Waals surface area (Å²) < 4.78 is 0. The number of benzene rings is 1. The molecule has 0 N–H and O–H groups in total. The Morgan fingerprint density at radius 2 is 2.13 bits per heavy atom. The summed E-state index contributed by atoms with van der Waals surface area (Å²) in [5.41, 5.74) is 2.24. The van der Waals surface area contributed by atoms with Crippen LogP contribution in [0, 0.1) is 6.92 Å². The highest BCUT2D eigenvalue weighted by atomic mass is 17.2. The maximum Gasteiger partial charge on any atom is 0.352 e. The molecule has 0 spiro atoms. The van der Waals surface area contributed by atoms with Gasteiger partial charge in [-0.15, -0.1) is 0 Å². The van der Waals surface area contributed by atoms with Crippen molar-refractivity contribution in [2.24, 2.45) is 0 Å². The van der Waals surface area contributed by atoms with Gasteiger partial charge in [-0.05, 0) is 37.3 Å². The van der Waals surface area contributed by atoms with Gasteiger partial charge in [-0.25, -0.2) is 4.79 Å². The van der Waals surface area contributed by atoms with Gasteiger partial charge in [0.1, 0.15) is 0 Å². The molecule has 0 aromatic heterocycles. The van der Waals surface area contributed by atoms with Crippen LogP contribution in [0.2, 0.25) is 0 Å². The second-order valence-corrected chi connectivity index (χ2v) is 3.97. The molecule has 1 saturated carbocycles. The van der Waals surface area contributed by atoms with Crippen molar-refractivity contribution in [1.29, 1.82) is 0 Å². The van der Waals surface area contributed by atoms with Gasteiger partial charge in [-0.2, -0.15) is 0 Å². The SMILES string of the molecule is CC(=O)OOc1cc(C)ccc1C1CC1. The van der Waals surface area contributed by atoms with E-state index in [-0.39, 0.29) is 0 Å². The van der Waals surface area contributed by atoms with E-state index >= 15 is 0 Å². The zero-order valence-electron chi connectivity index (χ0n) is 8.95. The Morgan fingerprint density at radius 3 is 2.73 bits per heavy atom. The zero-order chi connectivity index (χ0) is 10.8. The fourth-order valence-corrected chi connectivity index (χ4v) is 1.55. The molecule has 0 bridgehead atoms. The van der Waals surface area contributed by atoms with Gasteiger partial charge >= 0.3 is 5.97 Å². The topological polar surface area (TPSA) is 35.5 Å². The molecule has 15 heavy (non-hydrogen) atoms. The zero-order valence-corrected chi connectivity index (χ0v) is 8.95. The average Bonchev–Trinajstić information content (AvgIpc) is 2.98. The van der Waals surface area contributed by atoms with Gasteiger partial charge in [-0.3, -0.25) is 9.78 Å². The lowest BCUT2D eigenvalue weighted by Crippen LogP contribution is -2.04. The first-order valence-corrected chi connectivity index (χ1v) is 5.12. The Kier molecular flexibility index (Phi) is 2.62. The van der Waals surface area contributed by atoms with Crippen LogP contribution in [0.25, 0.3) is 0 Å². The van der Waals surface area contributed by atoms with Crippen molar-refractivity contribution in [3.63, 3.8) is 0 Å². The quantitative estimate of drug-likeness (QED) is 0.563. The van der Waals surface area contributed by atoms with Gasteiger partial charge in [0.15, 0.2) is 5.75 Å². The summed E-state index contributed by atoms with van der Waals surface area (Å²) >= 11 is 0. The Bertz CT molecular complexity index is 380. The summed E-state index contributed by atoms with van der Waals surface area (Å²) in [4.78, 5) is 20.2. The van der Waals surface area contributed by atoms with E-state index in [0.29, 0.717) is 11.7 Å². The normalized spacial score (nSPS) is 14.8. The molecule has 80 valence electrons. The lowest BCUT2D eigenvalue weighted by atomic mass is 10.1. The molecular formula is C12H14O3. The lowest BCUT2D eigenvalue weighted by Gasteiger charge is -2.08. The van der Waals surface area contributed by atoms with E-state index in [1.165, 1.54) is 19.8 Å².